The molecule has 17 heavy (non-hydrogen) atoms. The van der Waals surface area contributed by atoms with Gasteiger partial charge in [-0.05, 0) is 40.4 Å². The van der Waals surface area contributed by atoms with Gasteiger partial charge < -0.3 is 9.84 Å². The zero-order valence-electron chi connectivity index (χ0n) is 9.10. The first-order valence-electron chi connectivity index (χ1n) is 4.89. The van der Waals surface area contributed by atoms with E-state index in [1.807, 2.05) is 0 Å². The summed E-state index contributed by atoms with van der Waals surface area (Å²) < 4.78 is 32.0. The van der Waals surface area contributed by atoms with Gasteiger partial charge in [0.2, 0.25) is 5.82 Å². The number of hydrogen-bond donors (Lipinski definition) is 1. The van der Waals surface area contributed by atoms with Gasteiger partial charge in [-0.25, -0.2) is 4.39 Å². The molecule has 0 aliphatic carbocycles. The third-order valence-electron chi connectivity index (χ3n) is 2.23. The van der Waals surface area contributed by atoms with Gasteiger partial charge in [0.1, 0.15) is 0 Å². The molecule has 0 unspecified atom stereocenters. The molecule has 0 fully saturated rings. The van der Waals surface area contributed by atoms with Gasteiger partial charge in [-0.1, -0.05) is 0 Å². The molecule has 0 aliphatic heterocycles. The van der Waals surface area contributed by atoms with E-state index in [-0.39, 0.29) is 30.6 Å². The van der Waals surface area contributed by atoms with Crippen LogP contribution in [0.5, 0.6) is 5.75 Å². The van der Waals surface area contributed by atoms with Crippen LogP contribution >= 0.6 is 15.9 Å². The third kappa shape index (κ3) is 3.39. The number of carboxylic acid groups (broad SMARTS) is 1. The van der Waals surface area contributed by atoms with Crippen molar-refractivity contribution in [3.8, 4) is 5.75 Å². The van der Waals surface area contributed by atoms with Crippen LogP contribution in [0.2, 0.25) is 0 Å². The summed E-state index contributed by atoms with van der Waals surface area (Å²) in [6, 6.07) is 1.40. The Balaban J connectivity index is 2.90. The Morgan fingerprint density at radius 3 is 2.65 bits per heavy atom. The van der Waals surface area contributed by atoms with E-state index in [1.54, 1.807) is 0 Å². The Morgan fingerprint density at radius 2 is 2.12 bits per heavy atom. The van der Waals surface area contributed by atoms with Gasteiger partial charge in [0.15, 0.2) is 11.6 Å². The van der Waals surface area contributed by atoms with Gasteiger partial charge in [-0.2, -0.15) is 4.39 Å². The van der Waals surface area contributed by atoms with Gasteiger partial charge in [0, 0.05) is 6.42 Å². The molecule has 1 rings (SSSR count). The normalized spacial score (nSPS) is 10.4. The summed E-state index contributed by atoms with van der Waals surface area (Å²) in [5.41, 5.74) is 0.136. The third-order valence-corrected chi connectivity index (χ3v) is 2.82. The fourth-order valence-corrected chi connectivity index (χ4v) is 2.04. The zero-order chi connectivity index (χ0) is 13.0. The highest BCUT2D eigenvalue weighted by molar-refractivity contribution is 9.10. The predicted octanol–water partition coefficient (Wildman–Crippen LogP) is 3.14. The molecule has 6 heteroatoms. The van der Waals surface area contributed by atoms with Crippen LogP contribution in [0.3, 0.4) is 0 Å². The monoisotopic (exact) mass is 308 g/mol. The number of aliphatic carboxylic acids is 1. The van der Waals surface area contributed by atoms with Crippen LogP contribution in [0.4, 0.5) is 8.78 Å². The molecule has 1 aromatic rings. The van der Waals surface area contributed by atoms with E-state index in [0.717, 1.165) is 0 Å². The van der Waals surface area contributed by atoms with Crippen LogP contribution in [0.15, 0.2) is 10.5 Å². The minimum atomic E-state index is -1.06. The maximum absolute atomic E-state index is 13.5. The van der Waals surface area contributed by atoms with Gasteiger partial charge in [-0.15, -0.1) is 0 Å². The number of rotatable bonds is 5. The van der Waals surface area contributed by atoms with Crippen LogP contribution in [-0.4, -0.2) is 18.2 Å². The lowest BCUT2D eigenvalue weighted by atomic mass is 10.1. The minimum absolute atomic E-state index is 0.0787. The number of carboxylic acids is 1. The lowest BCUT2D eigenvalue weighted by molar-refractivity contribution is -0.137. The number of carbonyl (C=O) groups is 1. The summed E-state index contributed by atoms with van der Waals surface area (Å²) in [5, 5.41) is 8.46. The minimum Gasteiger partial charge on any atom is -0.492 e. The van der Waals surface area contributed by atoms with E-state index < -0.39 is 17.6 Å². The molecule has 0 atom stereocenters. The molecule has 1 aromatic carbocycles. The molecule has 94 valence electrons. The molecule has 0 aliphatic rings. The highest BCUT2D eigenvalue weighted by Crippen LogP contribution is 2.32. The van der Waals surface area contributed by atoms with Crippen LogP contribution in [-0.2, 0) is 11.2 Å². The quantitative estimate of drug-likeness (QED) is 0.850. The highest BCUT2D eigenvalue weighted by atomic mass is 79.9. The summed E-state index contributed by atoms with van der Waals surface area (Å²) in [4.78, 5) is 10.3. The number of hydrogen-bond acceptors (Lipinski definition) is 2. The van der Waals surface area contributed by atoms with Gasteiger partial charge in [0.05, 0.1) is 11.6 Å². The molecule has 0 spiro atoms. The Bertz CT molecular complexity index is 435. The average Bonchev–Trinajstić information content (AvgIpc) is 2.25. The van der Waals surface area contributed by atoms with Crippen molar-refractivity contribution in [3.63, 3.8) is 0 Å². The van der Waals surface area contributed by atoms with Crippen molar-refractivity contribution in [1.29, 1.82) is 0 Å². The topological polar surface area (TPSA) is 46.5 Å². The molecule has 3 nitrogen and oxygen atoms in total. The standard InChI is InChI=1S/C11H11BrF2O3/c1-17-11-7(12)5-6(9(13)10(11)14)3-2-4-8(15)16/h5H,2-4H2,1H3,(H,15,16). The second-order valence-electron chi connectivity index (χ2n) is 3.43. The molecule has 0 saturated heterocycles. The zero-order valence-corrected chi connectivity index (χ0v) is 10.7. The molecule has 0 radical (unpaired) electrons. The number of ether oxygens (including phenoxy) is 1. The highest BCUT2D eigenvalue weighted by Gasteiger charge is 2.17. The van der Waals surface area contributed by atoms with Gasteiger partial charge in [0.25, 0.3) is 0 Å². The van der Waals surface area contributed by atoms with E-state index in [9.17, 15) is 13.6 Å². The average molecular weight is 309 g/mol. The second-order valence-corrected chi connectivity index (χ2v) is 4.28. The van der Waals surface area contributed by atoms with Crippen LogP contribution < -0.4 is 4.74 Å². The van der Waals surface area contributed by atoms with Crippen LogP contribution in [0, 0.1) is 11.6 Å². The van der Waals surface area contributed by atoms with Crippen molar-refractivity contribution >= 4 is 21.9 Å². The molecular formula is C11H11BrF2O3. The number of benzene rings is 1. The summed E-state index contributed by atoms with van der Waals surface area (Å²) in [6.07, 6.45) is 0.340. The fourth-order valence-electron chi connectivity index (χ4n) is 1.43. The number of aryl methyl sites for hydroxylation is 1. The Kier molecular flexibility index (Phi) is 4.86. The molecule has 0 saturated carbocycles. The summed E-state index contributed by atoms with van der Waals surface area (Å²) in [7, 11) is 1.24. The second kappa shape index (κ2) is 5.95. The van der Waals surface area contributed by atoms with Gasteiger partial charge >= 0.3 is 5.97 Å². The van der Waals surface area contributed by atoms with Crippen molar-refractivity contribution in [1.82, 2.24) is 0 Å². The Morgan fingerprint density at radius 1 is 1.47 bits per heavy atom. The lowest BCUT2D eigenvalue weighted by Crippen LogP contribution is -2.01. The smallest absolute Gasteiger partial charge is 0.303 e. The van der Waals surface area contributed by atoms with Crippen molar-refractivity contribution in [3.05, 3.63) is 27.7 Å². The van der Waals surface area contributed by atoms with Crippen molar-refractivity contribution in [2.45, 2.75) is 19.3 Å². The van der Waals surface area contributed by atoms with E-state index >= 15 is 0 Å². The van der Waals surface area contributed by atoms with E-state index in [2.05, 4.69) is 15.9 Å². The summed E-state index contributed by atoms with van der Waals surface area (Å²) in [5.74, 6) is -3.20. The summed E-state index contributed by atoms with van der Waals surface area (Å²) >= 11 is 3.07. The number of methoxy groups -OCH3 is 1. The maximum Gasteiger partial charge on any atom is 0.303 e. The Labute approximate surface area is 106 Å². The lowest BCUT2D eigenvalue weighted by Gasteiger charge is -2.09. The maximum atomic E-state index is 13.5. The largest absolute Gasteiger partial charge is 0.492 e. The summed E-state index contributed by atoms with van der Waals surface area (Å²) in [6.45, 7) is 0. The fraction of sp³-hybridized carbons (Fsp3) is 0.364. The Hall–Kier alpha value is -1.17. The molecule has 0 bridgehead atoms. The van der Waals surface area contributed by atoms with E-state index in [4.69, 9.17) is 9.84 Å². The molecule has 0 heterocycles. The molecule has 0 amide bonds. The first kappa shape index (κ1) is 13.9. The predicted molar refractivity (Wildman–Crippen MR) is 61.2 cm³/mol. The van der Waals surface area contributed by atoms with Gasteiger partial charge in [-0.3, -0.25) is 4.79 Å². The van der Waals surface area contributed by atoms with Crippen molar-refractivity contribution < 1.29 is 23.4 Å². The number of halogens is 3. The SMILES string of the molecule is COc1c(Br)cc(CCCC(=O)O)c(F)c1F. The molecular weight excluding hydrogens is 298 g/mol. The van der Waals surface area contributed by atoms with Crippen molar-refractivity contribution in [2.75, 3.05) is 7.11 Å². The van der Waals surface area contributed by atoms with Crippen molar-refractivity contribution in [2.24, 2.45) is 0 Å². The van der Waals surface area contributed by atoms with Crippen LogP contribution in [0.25, 0.3) is 0 Å². The first-order chi connectivity index (χ1) is 7.97. The van der Waals surface area contributed by atoms with E-state index in [1.165, 1.54) is 13.2 Å². The molecule has 0 aromatic heterocycles. The molecule has 1 N–H and O–H groups in total. The van der Waals surface area contributed by atoms with Crippen LogP contribution in [0.1, 0.15) is 18.4 Å². The van der Waals surface area contributed by atoms with E-state index in [0.29, 0.717) is 4.47 Å². The first-order valence-corrected chi connectivity index (χ1v) is 5.68.